The van der Waals surface area contributed by atoms with E-state index in [1.807, 2.05) is 18.2 Å². The van der Waals surface area contributed by atoms with Crippen LogP contribution in [0.25, 0.3) is 0 Å². The second-order valence-corrected chi connectivity index (χ2v) is 4.98. The van der Waals surface area contributed by atoms with Crippen molar-refractivity contribution in [3.63, 3.8) is 0 Å². The summed E-state index contributed by atoms with van der Waals surface area (Å²) in [6.07, 6.45) is 1.59. The smallest absolute Gasteiger partial charge is 0.238 e. The maximum absolute atomic E-state index is 11.5. The molecule has 0 heterocycles. The van der Waals surface area contributed by atoms with Crippen LogP contribution in [0.3, 0.4) is 0 Å². The lowest BCUT2D eigenvalue weighted by molar-refractivity contribution is -0.121. The van der Waals surface area contributed by atoms with Crippen molar-refractivity contribution in [3.8, 4) is 6.07 Å². The van der Waals surface area contributed by atoms with Gasteiger partial charge in [0.15, 0.2) is 0 Å². The molecule has 0 bridgehead atoms. The topological polar surface area (TPSA) is 52.9 Å². The number of nitrogens with one attached hydrogen (secondary N) is 1. The van der Waals surface area contributed by atoms with Crippen molar-refractivity contribution in [1.29, 1.82) is 5.26 Å². The molecule has 1 aliphatic rings. The van der Waals surface area contributed by atoms with E-state index < -0.39 is 5.38 Å². The molecular formula is C13H13ClN2O. The Labute approximate surface area is 105 Å². The molecule has 88 valence electrons. The highest BCUT2D eigenvalue weighted by atomic mass is 35.5. The zero-order valence-electron chi connectivity index (χ0n) is 9.53. The number of halogens is 1. The van der Waals surface area contributed by atoms with Gasteiger partial charge in [0.2, 0.25) is 5.91 Å². The van der Waals surface area contributed by atoms with Gasteiger partial charge in [-0.25, -0.2) is 0 Å². The third-order valence-electron chi connectivity index (χ3n) is 2.98. The van der Waals surface area contributed by atoms with Crippen LogP contribution in [0.2, 0.25) is 0 Å². The molecule has 4 heteroatoms. The fraction of sp³-hybridized carbons (Fsp3) is 0.385. The Balaban J connectivity index is 2.07. The Morgan fingerprint density at radius 1 is 1.53 bits per heavy atom. The molecule has 1 amide bonds. The molecule has 17 heavy (non-hydrogen) atoms. The first-order valence-electron chi connectivity index (χ1n) is 5.56. The van der Waals surface area contributed by atoms with Gasteiger partial charge in [-0.05, 0) is 43.0 Å². The van der Waals surface area contributed by atoms with Crippen LogP contribution >= 0.6 is 11.6 Å². The average Bonchev–Trinajstić information content (AvgIpc) is 2.69. The molecule has 2 unspecified atom stereocenters. The molecule has 0 spiro atoms. The summed E-state index contributed by atoms with van der Waals surface area (Å²) < 4.78 is 0. The van der Waals surface area contributed by atoms with E-state index in [2.05, 4.69) is 11.4 Å². The highest BCUT2D eigenvalue weighted by Gasteiger charge is 2.24. The van der Waals surface area contributed by atoms with Gasteiger partial charge in [0.05, 0.1) is 11.6 Å². The van der Waals surface area contributed by atoms with Gasteiger partial charge in [-0.1, -0.05) is 6.07 Å². The maximum Gasteiger partial charge on any atom is 0.238 e. The van der Waals surface area contributed by atoms with Crippen molar-refractivity contribution in [2.45, 2.75) is 31.2 Å². The molecule has 1 aromatic carbocycles. The Hall–Kier alpha value is -1.53. The van der Waals surface area contributed by atoms with Crippen molar-refractivity contribution < 1.29 is 4.79 Å². The summed E-state index contributed by atoms with van der Waals surface area (Å²) in [5.74, 6) is -0.134. The summed E-state index contributed by atoms with van der Waals surface area (Å²) >= 11 is 5.71. The van der Waals surface area contributed by atoms with Crippen LogP contribution in [0.4, 0.5) is 0 Å². The Kier molecular flexibility index (Phi) is 3.35. The second-order valence-electron chi connectivity index (χ2n) is 4.33. The fourth-order valence-corrected chi connectivity index (χ4v) is 2.17. The lowest BCUT2D eigenvalue weighted by Gasteiger charge is -2.12. The van der Waals surface area contributed by atoms with Crippen LogP contribution in [0, 0.1) is 11.3 Å². The molecule has 1 aliphatic carbocycles. The predicted octanol–water partition coefficient (Wildman–Crippen LogP) is 1.77. The number of fused-ring (bicyclic) bond motifs is 1. The van der Waals surface area contributed by atoms with Gasteiger partial charge >= 0.3 is 0 Å². The summed E-state index contributed by atoms with van der Waals surface area (Å²) in [6.45, 7) is 1.66. The normalized spacial score (nSPS) is 19.2. The minimum Gasteiger partial charge on any atom is -0.351 e. The Morgan fingerprint density at radius 2 is 2.24 bits per heavy atom. The van der Waals surface area contributed by atoms with E-state index in [0.717, 1.165) is 18.4 Å². The first-order valence-corrected chi connectivity index (χ1v) is 6.00. The van der Waals surface area contributed by atoms with Crippen LogP contribution in [0.5, 0.6) is 0 Å². The van der Waals surface area contributed by atoms with Crippen LogP contribution in [0.1, 0.15) is 23.6 Å². The molecule has 0 saturated carbocycles. The van der Waals surface area contributed by atoms with E-state index in [0.29, 0.717) is 5.56 Å². The lowest BCUT2D eigenvalue weighted by Crippen LogP contribution is -2.39. The quantitative estimate of drug-likeness (QED) is 0.811. The average molecular weight is 249 g/mol. The number of hydrogen-bond donors (Lipinski definition) is 1. The van der Waals surface area contributed by atoms with Crippen LogP contribution < -0.4 is 5.32 Å². The molecule has 2 atom stereocenters. The standard InChI is InChI=1S/C13H13ClN2O/c1-8(14)13(17)16-12-5-10-3-2-9(7-15)4-11(10)6-12/h2-4,8,12H,5-6H2,1H3,(H,16,17). The zero-order chi connectivity index (χ0) is 12.4. The van der Waals surface area contributed by atoms with Crippen LogP contribution in [-0.2, 0) is 17.6 Å². The number of hydrogen-bond acceptors (Lipinski definition) is 2. The summed E-state index contributed by atoms with van der Waals surface area (Å²) in [6, 6.07) is 7.90. The van der Waals surface area contributed by atoms with Crippen molar-refractivity contribution >= 4 is 17.5 Å². The van der Waals surface area contributed by atoms with Crippen molar-refractivity contribution in [2.24, 2.45) is 0 Å². The number of carbonyl (C=O) groups excluding carboxylic acids is 1. The Morgan fingerprint density at radius 3 is 2.88 bits per heavy atom. The molecule has 0 fully saturated rings. The molecule has 0 saturated heterocycles. The van der Waals surface area contributed by atoms with E-state index in [9.17, 15) is 4.79 Å². The number of carbonyl (C=O) groups is 1. The van der Waals surface area contributed by atoms with E-state index >= 15 is 0 Å². The van der Waals surface area contributed by atoms with E-state index in [4.69, 9.17) is 16.9 Å². The van der Waals surface area contributed by atoms with Gasteiger partial charge in [0, 0.05) is 6.04 Å². The van der Waals surface area contributed by atoms with Gasteiger partial charge in [-0.3, -0.25) is 4.79 Å². The van der Waals surface area contributed by atoms with E-state index in [1.165, 1.54) is 5.56 Å². The monoisotopic (exact) mass is 248 g/mol. The molecule has 1 aromatic rings. The van der Waals surface area contributed by atoms with Gasteiger partial charge < -0.3 is 5.32 Å². The van der Waals surface area contributed by atoms with Gasteiger partial charge in [0.25, 0.3) is 0 Å². The predicted molar refractivity (Wildman–Crippen MR) is 65.8 cm³/mol. The second kappa shape index (κ2) is 4.77. The first kappa shape index (κ1) is 11.9. The van der Waals surface area contributed by atoms with Gasteiger partial charge in [-0.2, -0.15) is 5.26 Å². The molecule has 2 rings (SSSR count). The molecule has 0 aromatic heterocycles. The van der Waals surface area contributed by atoms with Crippen LogP contribution in [0.15, 0.2) is 18.2 Å². The lowest BCUT2D eigenvalue weighted by atomic mass is 10.1. The number of alkyl halides is 1. The molecular weight excluding hydrogens is 236 g/mol. The highest BCUT2D eigenvalue weighted by Crippen LogP contribution is 2.23. The summed E-state index contributed by atoms with van der Waals surface area (Å²) in [5, 5.41) is 11.2. The molecule has 1 N–H and O–H groups in total. The number of nitriles is 1. The number of amides is 1. The molecule has 0 radical (unpaired) electrons. The SMILES string of the molecule is CC(Cl)C(=O)NC1Cc2ccc(C#N)cc2C1. The summed E-state index contributed by atoms with van der Waals surface area (Å²) in [5.41, 5.74) is 3.02. The van der Waals surface area contributed by atoms with Crippen LogP contribution in [-0.4, -0.2) is 17.3 Å². The van der Waals surface area contributed by atoms with Crippen molar-refractivity contribution in [2.75, 3.05) is 0 Å². The third-order valence-corrected chi connectivity index (χ3v) is 3.17. The zero-order valence-corrected chi connectivity index (χ0v) is 10.3. The largest absolute Gasteiger partial charge is 0.351 e. The minimum atomic E-state index is -0.506. The number of nitrogens with zero attached hydrogens (tertiary/aromatic N) is 1. The summed E-state index contributed by atoms with van der Waals surface area (Å²) in [4.78, 5) is 11.5. The number of benzene rings is 1. The van der Waals surface area contributed by atoms with E-state index in [1.54, 1.807) is 6.92 Å². The third kappa shape index (κ3) is 2.59. The Bertz CT molecular complexity index is 491. The highest BCUT2D eigenvalue weighted by molar-refractivity contribution is 6.30. The van der Waals surface area contributed by atoms with Crippen molar-refractivity contribution in [1.82, 2.24) is 5.32 Å². The fourth-order valence-electron chi connectivity index (χ4n) is 2.11. The maximum atomic E-state index is 11.5. The summed E-state index contributed by atoms with van der Waals surface area (Å²) in [7, 11) is 0. The van der Waals surface area contributed by atoms with E-state index in [-0.39, 0.29) is 11.9 Å². The molecule has 0 aliphatic heterocycles. The molecule has 3 nitrogen and oxygen atoms in total. The first-order chi connectivity index (χ1) is 8.10. The van der Waals surface area contributed by atoms with Gasteiger partial charge in [0.1, 0.15) is 5.38 Å². The minimum absolute atomic E-state index is 0.104. The number of rotatable bonds is 2. The van der Waals surface area contributed by atoms with Gasteiger partial charge in [-0.15, -0.1) is 11.6 Å². The van der Waals surface area contributed by atoms with Crippen molar-refractivity contribution in [3.05, 3.63) is 34.9 Å².